The number of anilines is 1. The second kappa shape index (κ2) is 4.37. The molecule has 1 heterocycles. The summed E-state index contributed by atoms with van der Waals surface area (Å²) < 4.78 is 24.2. The number of nitrogens with one attached hydrogen (secondary N) is 1. The average molecular weight is 207 g/mol. The molecule has 5 heteroatoms. The lowest BCUT2D eigenvalue weighted by Crippen LogP contribution is -2.24. The summed E-state index contributed by atoms with van der Waals surface area (Å²) in [7, 11) is 0. The Kier molecular flexibility index (Phi) is 3.42. The molecule has 13 heavy (non-hydrogen) atoms. The van der Waals surface area contributed by atoms with Gasteiger partial charge in [-0.05, 0) is 19.1 Å². The van der Waals surface area contributed by atoms with Crippen LogP contribution in [0.1, 0.15) is 6.92 Å². The van der Waals surface area contributed by atoms with Crippen molar-refractivity contribution < 1.29 is 8.78 Å². The van der Waals surface area contributed by atoms with Gasteiger partial charge in [-0.25, -0.2) is 13.8 Å². The number of hydrogen-bond donors (Lipinski definition) is 1. The third-order valence-electron chi connectivity index (χ3n) is 1.47. The second-order valence-electron chi connectivity index (χ2n) is 2.61. The maximum Gasteiger partial charge on any atom is 0.258 e. The van der Waals surface area contributed by atoms with E-state index in [1.54, 1.807) is 18.2 Å². The summed E-state index contributed by atoms with van der Waals surface area (Å²) in [5, 5.41) is 2.82. The van der Waals surface area contributed by atoms with Crippen LogP contribution < -0.4 is 5.32 Å². The van der Waals surface area contributed by atoms with Gasteiger partial charge in [-0.15, -0.1) is 0 Å². The molecule has 0 fully saturated rings. The van der Waals surface area contributed by atoms with Gasteiger partial charge in [0.15, 0.2) is 0 Å². The van der Waals surface area contributed by atoms with Crippen LogP contribution in [0.3, 0.4) is 0 Å². The van der Waals surface area contributed by atoms with Crippen LogP contribution in [0.25, 0.3) is 0 Å². The van der Waals surface area contributed by atoms with Crippen LogP contribution in [0, 0.1) is 0 Å². The SMILES string of the molecule is CC(Nc1cccc(Cl)n1)C(F)F. The van der Waals surface area contributed by atoms with Gasteiger partial charge in [0.1, 0.15) is 11.0 Å². The molecule has 72 valence electrons. The molecular formula is C8H9ClF2N2. The smallest absolute Gasteiger partial charge is 0.258 e. The third kappa shape index (κ3) is 3.14. The maximum absolute atomic E-state index is 12.1. The van der Waals surface area contributed by atoms with E-state index in [2.05, 4.69) is 10.3 Å². The minimum atomic E-state index is -2.42. The molecule has 1 unspecified atom stereocenters. The van der Waals surface area contributed by atoms with E-state index >= 15 is 0 Å². The number of alkyl halides is 2. The van der Waals surface area contributed by atoms with Gasteiger partial charge in [-0.2, -0.15) is 0 Å². The molecule has 0 bridgehead atoms. The molecule has 0 radical (unpaired) electrons. The lowest BCUT2D eigenvalue weighted by atomic mass is 10.3. The minimum Gasteiger partial charge on any atom is -0.362 e. The van der Waals surface area contributed by atoms with Crippen LogP contribution in [0.4, 0.5) is 14.6 Å². The Morgan fingerprint density at radius 1 is 1.46 bits per heavy atom. The molecular weight excluding hydrogens is 198 g/mol. The van der Waals surface area contributed by atoms with Crippen LogP contribution in [-0.2, 0) is 0 Å². The quantitative estimate of drug-likeness (QED) is 0.770. The van der Waals surface area contributed by atoms with E-state index in [4.69, 9.17) is 11.6 Å². The minimum absolute atomic E-state index is 0.284. The molecule has 0 saturated carbocycles. The van der Waals surface area contributed by atoms with Crippen LogP contribution in [-0.4, -0.2) is 17.5 Å². The van der Waals surface area contributed by atoms with Gasteiger partial charge in [0, 0.05) is 0 Å². The summed E-state index contributed by atoms with van der Waals surface area (Å²) in [5.74, 6) is 0.361. The first-order valence-corrected chi connectivity index (χ1v) is 4.14. The molecule has 0 amide bonds. The summed E-state index contributed by atoms with van der Waals surface area (Å²) in [4.78, 5) is 3.82. The van der Waals surface area contributed by atoms with Gasteiger partial charge in [0.25, 0.3) is 6.43 Å². The van der Waals surface area contributed by atoms with Crippen molar-refractivity contribution >= 4 is 17.4 Å². The predicted molar refractivity (Wildman–Crippen MR) is 48.3 cm³/mol. The second-order valence-corrected chi connectivity index (χ2v) is 3.00. The lowest BCUT2D eigenvalue weighted by Gasteiger charge is -2.12. The number of rotatable bonds is 3. The molecule has 1 N–H and O–H groups in total. The number of pyridine rings is 1. The highest BCUT2D eigenvalue weighted by molar-refractivity contribution is 6.29. The van der Waals surface area contributed by atoms with Gasteiger partial charge in [-0.3, -0.25) is 0 Å². The fraction of sp³-hybridized carbons (Fsp3) is 0.375. The fourth-order valence-corrected chi connectivity index (χ4v) is 0.949. The lowest BCUT2D eigenvalue weighted by molar-refractivity contribution is 0.130. The van der Waals surface area contributed by atoms with E-state index in [0.29, 0.717) is 5.82 Å². The molecule has 0 aromatic carbocycles. The van der Waals surface area contributed by atoms with Crippen molar-refractivity contribution in [2.24, 2.45) is 0 Å². The monoisotopic (exact) mass is 206 g/mol. The van der Waals surface area contributed by atoms with E-state index < -0.39 is 12.5 Å². The number of hydrogen-bond acceptors (Lipinski definition) is 2. The standard InChI is InChI=1S/C8H9ClF2N2/c1-5(8(10)11)12-7-4-2-3-6(9)13-7/h2-5,8H,1H3,(H,12,13). The summed E-state index contributed by atoms with van der Waals surface area (Å²) in [5.41, 5.74) is 0. The van der Waals surface area contributed by atoms with Crippen molar-refractivity contribution in [1.82, 2.24) is 4.98 Å². The first-order chi connectivity index (χ1) is 6.09. The number of aromatic nitrogens is 1. The maximum atomic E-state index is 12.1. The fourth-order valence-electron chi connectivity index (χ4n) is 0.785. The molecule has 1 aromatic heterocycles. The summed E-state index contributed by atoms with van der Waals surface area (Å²) in [6, 6.07) is 3.89. The van der Waals surface area contributed by atoms with Crippen LogP contribution in [0.15, 0.2) is 18.2 Å². The van der Waals surface area contributed by atoms with Crippen molar-refractivity contribution in [2.45, 2.75) is 19.4 Å². The van der Waals surface area contributed by atoms with E-state index in [9.17, 15) is 8.78 Å². The predicted octanol–water partition coefficient (Wildman–Crippen LogP) is 2.80. The van der Waals surface area contributed by atoms with E-state index in [0.717, 1.165) is 0 Å². The van der Waals surface area contributed by atoms with E-state index in [-0.39, 0.29) is 5.15 Å². The highest BCUT2D eigenvalue weighted by Gasteiger charge is 2.14. The van der Waals surface area contributed by atoms with Crippen LogP contribution in [0.5, 0.6) is 0 Å². The molecule has 0 aliphatic rings. The molecule has 1 rings (SSSR count). The zero-order chi connectivity index (χ0) is 9.84. The largest absolute Gasteiger partial charge is 0.362 e. The molecule has 1 atom stereocenters. The Morgan fingerprint density at radius 2 is 2.15 bits per heavy atom. The number of halogens is 3. The zero-order valence-corrected chi connectivity index (χ0v) is 7.72. The summed E-state index contributed by atoms with van der Waals surface area (Å²) in [6.07, 6.45) is -2.42. The highest BCUT2D eigenvalue weighted by atomic mass is 35.5. The van der Waals surface area contributed by atoms with Crippen molar-refractivity contribution in [1.29, 1.82) is 0 Å². The molecule has 2 nitrogen and oxygen atoms in total. The van der Waals surface area contributed by atoms with Crippen molar-refractivity contribution in [3.05, 3.63) is 23.4 Å². The molecule has 0 spiro atoms. The van der Waals surface area contributed by atoms with E-state index in [1.165, 1.54) is 6.92 Å². The molecule has 0 saturated heterocycles. The molecule has 1 aromatic rings. The average Bonchev–Trinajstić information content (AvgIpc) is 2.04. The Balaban J connectivity index is 2.64. The Hall–Kier alpha value is -0.900. The Bertz CT molecular complexity index is 281. The summed E-state index contributed by atoms with van der Waals surface area (Å²) >= 11 is 5.57. The first kappa shape index (κ1) is 10.2. The number of nitrogens with zero attached hydrogens (tertiary/aromatic N) is 1. The van der Waals surface area contributed by atoms with Gasteiger partial charge >= 0.3 is 0 Å². The third-order valence-corrected chi connectivity index (χ3v) is 1.68. The van der Waals surface area contributed by atoms with Crippen molar-refractivity contribution in [2.75, 3.05) is 5.32 Å². The van der Waals surface area contributed by atoms with Crippen molar-refractivity contribution in [3.63, 3.8) is 0 Å². The van der Waals surface area contributed by atoms with Gasteiger partial charge < -0.3 is 5.32 Å². The topological polar surface area (TPSA) is 24.9 Å². The Morgan fingerprint density at radius 3 is 2.69 bits per heavy atom. The Labute approximate surface area is 79.9 Å². The van der Waals surface area contributed by atoms with Crippen LogP contribution in [0.2, 0.25) is 5.15 Å². The first-order valence-electron chi connectivity index (χ1n) is 3.77. The van der Waals surface area contributed by atoms with Crippen LogP contribution >= 0.6 is 11.6 Å². The molecule has 0 aliphatic carbocycles. The van der Waals surface area contributed by atoms with Gasteiger partial charge in [-0.1, -0.05) is 17.7 Å². The highest BCUT2D eigenvalue weighted by Crippen LogP contribution is 2.12. The van der Waals surface area contributed by atoms with Gasteiger partial charge in [0.05, 0.1) is 6.04 Å². The summed E-state index contributed by atoms with van der Waals surface area (Å²) in [6.45, 7) is 1.38. The van der Waals surface area contributed by atoms with E-state index in [1.807, 2.05) is 0 Å². The normalized spacial score (nSPS) is 13.0. The van der Waals surface area contributed by atoms with Gasteiger partial charge in [0.2, 0.25) is 0 Å². The van der Waals surface area contributed by atoms with Crippen molar-refractivity contribution in [3.8, 4) is 0 Å². The zero-order valence-electron chi connectivity index (χ0n) is 6.97. The molecule has 0 aliphatic heterocycles.